The van der Waals surface area contributed by atoms with Crippen LogP contribution < -0.4 is 5.32 Å². The third-order valence-electron chi connectivity index (χ3n) is 6.93. The number of nitrogens with zero attached hydrogens (tertiary/aromatic N) is 5. The van der Waals surface area contributed by atoms with Gasteiger partial charge >= 0.3 is 0 Å². The number of likely N-dealkylation sites (N-methyl/N-ethyl adjacent to an activating group) is 1. The lowest BCUT2D eigenvalue weighted by Gasteiger charge is -2.27. The molecule has 0 radical (unpaired) electrons. The van der Waals surface area contributed by atoms with Crippen LogP contribution in [0.3, 0.4) is 0 Å². The van der Waals surface area contributed by atoms with Gasteiger partial charge in [-0.15, -0.1) is 0 Å². The van der Waals surface area contributed by atoms with Crippen LogP contribution in [-0.2, 0) is 30.7 Å². The van der Waals surface area contributed by atoms with E-state index in [1.165, 1.54) is 0 Å². The van der Waals surface area contributed by atoms with Crippen molar-refractivity contribution in [2.45, 2.75) is 65.6 Å². The first-order valence-electron chi connectivity index (χ1n) is 12.8. The highest BCUT2D eigenvalue weighted by Crippen LogP contribution is 2.25. The number of hydrogen-bond donors (Lipinski definition) is 1. The second kappa shape index (κ2) is 11.3. The molecule has 1 saturated heterocycles. The average Bonchev–Trinajstić information content (AvgIpc) is 3.58. The summed E-state index contributed by atoms with van der Waals surface area (Å²) in [6, 6.07) is 2.09. The van der Waals surface area contributed by atoms with Crippen molar-refractivity contribution in [3.8, 4) is 0 Å². The van der Waals surface area contributed by atoms with Crippen molar-refractivity contribution in [1.29, 1.82) is 0 Å². The predicted molar refractivity (Wildman–Crippen MR) is 130 cm³/mol. The molecule has 0 bridgehead atoms. The third-order valence-corrected chi connectivity index (χ3v) is 6.93. The van der Waals surface area contributed by atoms with Crippen LogP contribution in [0.15, 0.2) is 10.6 Å². The maximum atomic E-state index is 13.2. The number of ether oxygens (including phenoxy) is 1. The third kappa shape index (κ3) is 5.75. The zero-order chi connectivity index (χ0) is 24.9. The quantitative estimate of drug-likeness (QED) is 0.548. The summed E-state index contributed by atoms with van der Waals surface area (Å²) in [4.78, 5) is 30.6. The minimum absolute atomic E-state index is 0.185. The Morgan fingerprint density at radius 3 is 2.89 bits per heavy atom. The van der Waals surface area contributed by atoms with E-state index in [9.17, 15) is 9.59 Å². The van der Waals surface area contributed by atoms with E-state index in [0.717, 1.165) is 43.6 Å². The number of aromatic nitrogens is 3. The molecule has 10 heteroatoms. The van der Waals surface area contributed by atoms with Crippen molar-refractivity contribution in [3.63, 3.8) is 0 Å². The average molecular weight is 487 g/mol. The number of nitrogens with one attached hydrogen (secondary N) is 1. The van der Waals surface area contributed by atoms with Crippen LogP contribution in [0, 0.1) is 5.92 Å². The molecular weight excluding hydrogens is 448 g/mol. The fraction of sp³-hybridized carbons (Fsp3) is 0.680. The van der Waals surface area contributed by atoms with Gasteiger partial charge in [0.05, 0.1) is 19.7 Å². The molecule has 0 aromatic carbocycles. The van der Waals surface area contributed by atoms with Gasteiger partial charge in [-0.2, -0.15) is 5.10 Å². The van der Waals surface area contributed by atoms with Crippen molar-refractivity contribution in [3.05, 3.63) is 34.5 Å². The van der Waals surface area contributed by atoms with E-state index in [1.54, 1.807) is 18.1 Å². The number of rotatable bonds is 10. The minimum atomic E-state index is -0.185. The lowest BCUT2D eigenvalue weighted by atomic mass is 10.0. The Labute approximate surface area is 206 Å². The Morgan fingerprint density at radius 2 is 2.14 bits per heavy atom. The van der Waals surface area contributed by atoms with Crippen molar-refractivity contribution >= 4 is 11.8 Å². The Bertz CT molecular complexity index is 1030. The van der Waals surface area contributed by atoms with Gasteiger partial charge in [0.25, 0.3) is 11.8 Å². The number of carbonyl (C=O) groups is 2. The molecule has 2 aromatic rings. The summed E-state index contributed by atoms with van der Waals surface area (Å²) in [7, 11) is 1.65. The molecule has 2 aliphatic heterocycles. The van der Waals surface area contributed by atoms with Gasteiger partial charge in [0.2, 0.25) is 0 Å². The summed E-state index contributed by atoms with van der Waals surface area (Å²) >= 11 is 0. The van der Waals surface area contributed by atoms with E-state index >= 15 is 0 Å². The van der Waals surface area contributed by atoms with E-state index < -0.39 is 0 Å². The fourth-order valence-corrected chi connectivity index (χ4v) is 5.12. The number of fused-ring (bicyclic) bond motifs is 1. The SMILES string of the molecule is CCN1CCCC1CNC(=O)c1nn(CCOC)c2c1CN(C(=O)c1cc(CC(C)C)on1)CC2. The maximum absolute atomic E-state index is 13.2. The van der Waals surface area contributed by atoms with Gasteiger partial charge < -0.3 is 19.5 Å². The Hall–Kier alpha value is -2.72. The van der Waals surface area contributed by atoms with Crippen LogP contribution in [0.4, 0.5) is 0 Å². The predicted octanol–water partition coefficient (Wildman–Crippen LogP) is 2.13. The molecule has 1 fully saturated rings. The summed E-state index contributed by atoms with van der Waals surface area (Å²) in [5.74, 6) is 0.753. The van der Waals surface area contributed by atoms with Crippen LogP contribution in [-0.4, -0.2) is 82.5 Å². The standard InChI is InChI=1S/C25H38N6O4/c1-5-29-9-6-7-18(29)15-26-24(32)23-20-16-30(10-8-22(20)31(27-23)11-12-34-4)25(33)21-14-19(35-28-21)13-17(2)3/h14,17-18H,5-13,15-16H2,1-4H3,(H,26,32). The highest BCUT2D eigenvalue weighted by molar-refractivity contribution is 5.95. The zero-order valence-electron chi connectivity index (χ0n) is 21.4. The van der Waals surface area contributed by atoms with Crippen molar-refractivity contribution < 1.29 is 18.8 Å². The first-order valence-corrected chi connectivity index (χ1v) is 12.8. The summed E-state index contributed by atoms with van der Waals surface area (Å²) < 4.78 is 12.5. The minimum Gasteiger partial charge on any atom is -0.383 e. The summed E-state index contributed by atoms with van der Waals surface area (Å²) in [5.41, 5.74) is 2.51. The van der Waals surface area contributed by atoms with Crippen molar-refractivity contribution in [2.24, 2.45) is 5.92 Å². The molecule has 0 saturated carbocycles. The number of amides is 2. The van der Waals surface area contributed by atoms with E-state index in [1.807, 2.05) is 4.68 Å². The molecule has 4 heterocycles. The Morgan fingerprint density at radius 1 is 1.31 bits per heavy atom. The Balaban J connectivity index is 1.50. The summed E-state index contributed by atoms with van der Waals surface area (Å²) in [6.07, 6.45) is 3.60. The van der Waals surface area contributed by atoms with Crippen molar-refractivity contribution in [2.75, 3.05) is 39.9 Å². The smallest absolute Gasteiger partial charge is 0.276 e. The molecule has 0 spiro atoms. The zero-order valence-corrected chi connectivity index (χ0v) is 21.4. The second-order valence-corrected chi connectivity index (χ2v) is 9.88. The van der Waals surface area contributed by atoms with Crippen LogP contribution in [0.5, 0.6) is 0 Å². The van der Waals surface area contributed by atoms with Gasteiger partial charge in [-0.3, -0.25) is 19.2 Å². The van der Waals surface area contributed by atoms with Gasteiger partial charge in [0.15, 0.2) is 11.4 Å². The topological polar surface area (TPSA) is 106 Å². The summed E-state index contributed by atoms with van der Waals surface area (Å²) in [6.45, 7) is 10.9. The first-order chi connectivity index (χ1) is 16.9. The Kier molecular flexibility index (Phi) is 8.22. The highest BCUT2D eigenvalue weighted by atomic mass is 16.5. The van der Waals surface area contributed by atoms with Crippen LogP contribution in [0.2, 0.25) is 0 Å². The van der Waals surface area contributed by atoms with Gasteiger partial charge in [-0.1, -0.05) is 25.9 Å². The van der Waals surface area contributed by atoms with Gasteiger partial charge in [0.1, 0.15) is 5.76 Å². The van der Waals surface area contributed by atoms with E-state index in [-0.39, 0.29) is 11.8 Å². The van der Waals surface area contributed by atoms with Gasteiger partial charge in [-0.05, 0) is 31.8 Å². The van der Waals surface area contributed by atoms with Gasteiger partial charge in [0, 0.05) is 56.4 Å². The molecule has 0 aliphatic carbocycles. The number of likely N-dealkylation sites (tertiary alicyclic amines) is 1. The number of hydrogen-bond acceptors (Lipinski definition) is 7. The summed E-state index contributed by atoms with van der Waals surface area (Å²) in [5, 5.41) is 11.8. The molecule has 2 aliphatic rings. The molecule has 2 aromatic heterocycles. The second-order valence-electron chi connectivity index (χ2n) is 9.88. The molecule has 2 amide bonds. The number of carbonyl (C=O) groups excluding carboxylic acids is 2. The fourth-order valence-electron chi connectivity index (χ4n) is 5.12. The maximum Gasteiger partial charge on any atom is 0.276 e. The van der Waals surface area contributed by atoms with Crippen LogP contribution in [0.25, 0.3) is 0 Å². The molecule has 4 rings (SSSR count). The number of methoxy groups -OCH3 is 1. The molecule has 10 nitrogen and oxygen atoms in total. The molecule has 192 valence electrons. The van der Waals surface area contributed by atoms with Crippen LogP contribution >= 0.6 is 0 Å². The first kappa shape index (κ1) is 25.4. The van der Waals surface area contributed by atoms with Crippen molar-refractivity contribution in [1.82, 2.24) is 30.1 Å². The molecule has 1 atom stereocenters. The molecule has 1 unspecified atom stereocenters. The largest absolute Gasteiger partial charge is 0.383 e. The molecule has 1 N–H and O–H groups in total. The highest BCUT2D eigenvalue weighted by Gasteiger charge is 2.32. The van der Waals surface area contributed by atoms with E-state index in [4.69, 9.17) is 9.26 Å². The van der Waals surface area contributed by atoms with E-state index in [2.05, 4.69) is 41.2 Å². The lowest BCUT2D eigenvalue weighted by Crippen LogP contribution is -2.41. The lowest BCUT2D eigenvalue weighted by molar-refractivity contribution is 0.0719. The monoisotopic (exact) mass is 486 g/mol. The van der Waals surface area contributed by atoms with Crippen LogP contribution in [0.1, 0.15) is 71.6 Å². The van der Waals surface area contributed by atoms with Gasteiger partial charge in [-0.25, -0.2) is 0 Å². The normalized spacial score (nSPS) is 18.3. The molecule has 35 heavy (non-hydrogen) atoms. The molecular formula is C25H38N6O4. The van der Waals surface area contributed by atoms with E-state index in [0.29, 0.717) is 68.3 Å².